The zero-order valence-electron chi connectivity index (χ0n) is 11.7. The van der Waals surface area contributed by atoms with Gasteiger partial charge in [-0.3, -0.25) is 14.3 Å². The van der Waals surface area contributed by atoms with Crippen molar-refractivity contribution in [3.05, 3.63) is 27.2 Å². The summed E-state index contributed by atoms with van der Waals surface area (Å²) in [5.74, 6) is 0. The smallest absolute Gasteiger partial charge is 0.329 e. The van der Waals surface area contributed by atoms with Crippen LogP contribution < -0.4 is 11.2 Å². The summed E-state index contributed by atoms with van der Waals surface area (Å²) in [6.07, 6.45) is 0.692. The number of hydrogen-bond donors (Lipinski definition) is 2. The summed E-state index contributed by atoms with van der Waals surface area (Å²) in [7, 11) is 1.52. The summed E-state index contributed by atoms with van der Waals surface area (Å²) >= 11 is 0. The zero-order chi connectivity index (χ0) is 14.9. The molecule has 2 N–H and O–H groups in total. The molecule has 20 heavy (non-hydrogen) atoms. The molecule has 8 heteroatoms. The maximum Gasteiger partial charge on any atom is 0.329 e. The second-order valence-corrected chi connectivity index (χ2v) is 4.92. The lowest BCUT2D eigenvalue weighted by atomic mass is 10.3. The minimum atomic E-state index is -0.758. The van der Waals surface area contributed by atoms with Crippen molar-refractivity contribution in [1.29, 1.82) is 0 Å². The van der Waals surface area contributed by atoms with E-state index in [0.717, 1.165) is 0 Å². The number of aliphatic hydroxyl groups is 1. The van der Waals surface area contributed by atoms with Gasteiger partial charge in [-0.2, -0.15) is 0 Å². The lowest BCUT2D eigenvalue weighted by Crippen LogP contribution is -2.30. The molecule has 0 amide bonds. The second-order valence-electron chi connectivity index (χ2n) is 4.92. The number of imidazole rings is 1. The summed E-state index contributed by atoms with van der Waals surface area (Å²) in [4.78, 5) is 29.5. The van der Waals surface area contributed by atoms with Crippen LogP contribution >= 0.6 is 0 Å². The number of aliphatic hydroxyl groups excluding tert-OH is 1. The average Bonchev–Trinajstić information content (AvgIpc) is 2.78. The second kappa shape index (κ2) is 5.59. The molecule has 0 saturated carbocycles. The van der Waals surface area contributed by atoms with Crippen molar-refractivity contribution >= 4 is 11.2 Å². The third-order valence-corrected chi connectivity index (χ3v) is 2.91. The van der Waals surface area contributed by atoms with Crippen LogP contribution in [0.15, 0.2) is 15.9 Å². The molecule has 2 rings (SSSR count). The van der Waals surface area contributed by atoms with Crippen LogP contribution in [0.5, 0.6) is 0 Å². The number of fused-ring (bicyclic) bond motifs is 1. The predicted molar refractivity (Wildman–Crippen MR) is 72.7 cm³/mol. The molecular formula is C12H18N4O4. The van der Waals surface area contributed by atoms with Crippen molar-refractivity contribution in [2.75, 3.05) is 6.61 Å². The molecule has 2 aromatic heterocycles. The van der Waals surface area contributed by atoms with Crippen LogP contribution in [0.25, 0.3) is 11.2 Å². The quantitative estimate of drug-likeness (QED) is 0.748. The highest BCUT2D eigenvalue weighted by molar-refractivity contribution is 5.69. The molecule has 0 radical (unpaired) electrons. The van der Waals surface area contributed by atoms with E-state index < -0.39 is 17.4 Å². The molecule has 1 unspecified atom stereocenters. The van der Waals surface area contributed by atoms with Gasteiger partial charge in [0.1, 0.15) is 0 Å². The van der Waals surface area contributed by atoms with Crippen molar-refractivity contribution in [3.63, 3.8) is 0 Å². The fourth-order valence-electron chi connectivity index (χ4n) is 1.91. The number of ether oxygens (including phenoxy) is 1. The van der Waals surface area contributed by atoms with E-state index in [-0.39, 0.29) is 30.4 Å². The fourth-order valence-corrected chi connectivity index (χ4v) is 1.91. The molecule has 0 saturated heterocycles. The number of nitrogens with one attached hydrogen (secondary N) is 1. The minimum absolute atomic E-state index is 0.0217. The molecule has 110 valence electrons. The van der Waals surface area contributed by atoms with Gasteiger partial charge in [0, 0.05) is 7.05 Å². The van der Waals surface area contributed by atoms with Crippen LogP contribution in [-0.2, 0) is 18.3 Å². The van der Waals surface area contributed by atoms with Crippen molar-refractivity contribution in [3.8, 4) is 0 Å². The number of aryl methyl sites for hydroxylation is 1. The molecule has 0 aromatic carbocycles. The van der Waals surface area contributed by atoms with Crippen LogP contribution in [0.4, 0.5) is 0 Å². The molecule has 1 atom stereocenters. The van der Waals surface area contributed by atoms with Crippen LogP contribution in [0.2, 0.25) is 0 Å². The van der Waals surface area contributed by atoms with E-state index in [1.807, 2.05) is 13.8 Å². The highest BCUT2D eigenvalue weighted by Crippen LogP contribution is 2.06. The van der Waals surface area contributed by atoms with E-state index in [2.05, 4.69) is 9.97 Å². The standard InChI is InChI=1S/C12H18N4O4/c1-7(2)20-5-8(17)4-16-6-13-10-9(16)11(18)14-12(19)15(10)3/h6-8,17H,4-5H2,1-3H3,(H,14,18,19). The van der Waals surface area contributed by atoms with Crippen molar-refractivity contribution in [1.82, 2.24) is 19.1 Å². The molecular weight excluding hydrogens is 264 g/mol. The Labute approximate surface area is 114 Å². The molecule has 8 nitrogen and oxygen atoms in total. The van der Waals surface area contributed by atoms with Crippen molar-refractivity contribution in [2.45, 2.75) is 32.6 Å². The van der Waals surface area contributed by atoms with Gasteiger partial charge in [0.15, 0.2) is 11.2 Å². The van der Waals surface area contributed by atoms with Crippen LogP contribution in [-0.4, -0.2) is 43.0 Å². The Morgan fingerprint density at radius 1 is 1.45 bits per heavy atom. The Morgan fingerprint density at radius 3 is 2.80 bits per heavy atom. The van der Waals surface area contributed by atoms with E-state index in [9.17, 15) is 14.7 Å². The highest BCUT2D eigenvalue weighted by atomic mass is 16.5. The fraction of sp³-hybridized carbons (Fsp3) is 0.583. The van der Waals surface area contributed by atoms with Crippen LogP contribution in [0, 0.1) is 0 Å². The topological polar surface area (TPSA) is 102 Å². The first-order chi connectivity index (χ1) is 9.40. The van der Waals surface area contributed by atoms with Gasteiger partial charge < -0.3 is 14.4 Å². The Hall–Kier alpha value is -1.93. The Bertz CT molecular complexity index is 712. The number of H-pyrrole nitrogens is 1. The van der Waals surface area contributed by atoms with Gasteiger partial charge in [-0.25, -0.2) is 9.78 Å². The lowest BCUT2D eigenvalue weighted by molar-refractivity contribution is -0.000310. The molecule has 0 fully saturated rings. The lowest BCUT2D eigenvalue weighted by Gasteiger charge is -2.14. The molecule has 0 aliphatic rings. The third-order valence-electron chi connectivity index (χ3n) is 2.91. The largest absolute Gasteiger partial charge is 0.389 e. The normalized spacial score (nSPS) is 13.2. The van der Waals surface area contributed by atoms with E-state index in [1.165, 1.54) is 22.5 Å². The first kappa shape index (κ1) is 14.5. The minimum Gasteiger partial charge on any atom is -0.389 e. The molecule has 0 aliphatic carbocycles. The first-order valence-electron chi connectivity index (χ1n) is 6.34. The maximum atomic E-state index is 11.8. The number of hydrogen-bond acceptors (Lipinski definition) is 5. The predicted octanol–water partition coefficient (Wildman–Crippen LogP) is -0.791. The van der Waals surface area contributed by atoms with E-state index in [0.29, 0.717) is 0 Å². The van der Waals surface area contributed by atoms with Crippen LogP contribution in [0.3, 0.4) is 0 Å². The van der Waals surface area contributed by atoms with Gasteiger partial charge >= 0.3 is 5.69 Å². The van der Waals surface area contributed by atoms with E-state index in [1.54, 1.807) is 0 Å². The third kappa shape index (κ3) is 2.81. The number of nitrogens with zero attached hydrogens (tertiary/aromatic N) is 3. The Morgan fingerprint density at radius 2 is 2.15 bits per heavy atom. The zero-order valence-corrected chi connectivity index (χ0v) is 11.7. The maximum absolute atomic E-state index is 11.8. The van der Waals surface area contributed by atoms with Crippen molar-refractivity contribution in [2.24, 2.45) is 7.05 Å². The molecule has 0 aliphatic heterocycles. The van der Waals surface area contributed by atoms with Gasteiger partial charge in [-0.15, -0.1) is 0 Å². The first-order valence-corrected chi connectivity index (χ1v) is 6.34. The van der Waals surface area contributed by atoms with Gasteiger partial charge in [0.25, 0.3) is 5.56 Å². The SMILES string of the molecule is CC(C)OCC(O)Cn1cnc2c1c(=O)[nH]c(=O)n2C. The van der Waals surface area contributed by atoms with Gasteiger partial charge in [-0.1, -0.05) is 0 Å². The van der Waals surface area contributed by atoms with Gasteiger partial charge in [0.2, 0.25) is 0 Å². The Balaban J connectivity index is 2.30. The molecule has 0 spiro atoms. The molecule has 2 aromatic rings. The highest BCUT2D eigenvalue weighted by Gasteiger charge is 2.14. The van der Waals surface area contributed by atoms with Gasteiger partial charge in [-0.05, 0) is 13.8 Å². The summed E-state index contributed by atoms with van der Waals surface area (Å²) in [6.45, 7) is 4.09. The van der Waals surface area contributed by atoms with E-state index in [4.69, 9.17) is 4.74 Å². The molecule has 0 bridgehead atoms. The summed E-state index contributed by atoms with van der Waals surface area (Å²) in [5, 5.41) is 9.89. The average molecular weight is 282 g/mol. The molecule has 2 heterocycles. The van der Waals surface area contributed by atoms with E-state index >= 15 is 0 Å². The van der Waals surface area contributed by atoms with Crippen molar-refractivity contribution < 1.29 is 9.84 Å². The summed E-state index contributed by atoms with van der Waals surface area (Å²) < 4.78 is 8.08. The number of aromatic amines is 1. The number of aromatic nitrogens is 4. The summed E-state index contributed by atoms with van der Waals surface area (Å²) in [6, 6.07) is 0. The van der Waals surface area contributed by atoms with Gasteiger partial charge in [0.05, 0.1) is 31.7 Å². The van der Waals surface area contributed by atoms with Crippen LogP contribution in [0.1, 0.15) is 13.8 Å². The summed E-state index contributed by atoms with van der Waals surface area (Å²) in [5.41, 5.74) is -0.486. The monoisotopic (exact) mass is 282 g/mol. The Kier molecular flexibility index (Phi) is 4.05. The number of rotatable bonds is 5.